The second-order valence-electron chi connectivity index (χ2n) is 15.7. The maximum Gasteiger partial charge on any atom is 0.409 e. The van der Waals surface area contributed by atoms with Crippen LogP contribution in [0.2, 0.25) is 5.02 Å². The Morgan fingerprint density at radius 3 is 2.21 bits per heavy atom. The van der Waals surface area contributed by atoms with Gasteiger partial charge in [0, 0.05) is 56.6 Å². The normalized spacial score (nSPS) is 20.6. The van der Waals surface area contributed by atoms with Gasteiger partial charge in [-0.05, 0) is 115 Å². The number of halogens is 1. The minimum absolute atomic E-state index is 0.0730. The third kappa shape index (κ3) is 8.61. The SMILES string of the molecule is C=C[C@@H](OC(=O)N(C)C)[C@@H]1CC[C@H]1CN1C[C@@]2(CCCc3cc(Cl)ccc32)COc2ccc(S(=O)(=O)N(Cc3ccc(OC)cc3)Cc3ccc(OC)cc3)cc21. The first-order valence-corrected chi connectivity index (χ1v) is 21.3. The second-order valence-corrected chi connectivity index (χ2v) is 18.1. The van der Waals surface area contributed by atoms with Crippen LogP contribution in [0, 0.1) is 11.8 Å². The third-order valence-electron chi connectivity index (χ3n) is 11.9. The zero-order chi connectivity index (χ0) is 40.3. The lowest BCUT2D eigenvalue weighted by Gasteiger charge is -2.46. The molecule has 302 valence electrons. The average Bonchev–Trinajstić information content (AvgIpc) is 3.35. The number of methoxy groups -OCH3 is 2. The minimum atomic E-state index is -4.06. The van der Waals surface area contributed by atoms with E-state index in [-0.39, 0.29) is 35.2 Å². The number of amides is 1. The van der Waals surface area contributed by atoms with Gasteiger partial charge in [-0.1, -0.05) is 54.6 Å². The van der Waals surface area contributed by atoms with Crippen LogP contribution in [0.5, 0.6) is 17.2 Å². The summed E-state index contributed by atoms with van der Waals surface area (Å²) in [4.78, 5) is 16.6. The zero-order valence-electron chi connectivity index (χ0n) is 33.2. The number of aryl methyl sites for hydroxylation is 1. The minimum Gasteiger partial charge on any atom is -0.497 e. The highest BCUT2D eigenvalue weighted by Crippen LogP contribution is 2.47. The van der Waals surface area contributed by atoms with Gasteiger partial charge >= 0.3 is 6.09 Å². The first-order chi connectivity index (χ1) is 27.4. The molecule has 0 saturated heterocycles. The van der Waals surface area contributed by atoms with Crippen LogP contribution in [0.1, 0.15) is 47.9 Å². The number of fused-ring (bicyclic) bond motifs is 3. The van der Waals surface area contributed by atoms with Gasteiger partial charge in [0.2, 0.25) is 10.0 Å². The molecule has 0 unspecified atom stereocenters. The van der Waals surface area contributed by atoms with Crippen molar-refractivity contribution in [1.82, 2.24) is 9.21 Å². The lowest BCUT2D eigenvalue weighted by molar-refractivity contribution is 0.0143. The van der Waals surface area contributed by atoms with Crippen molar-refractivity contribution in [2.45, 2.75) is 61.6 Å². The number of carbonyl (C=O) groups is 1. The smallest absolute Gasteiger partial charge is 0.409 e. The summed E-state index contributed by atoms with van der Waals surface area (Å²) in [5.41, 5.74) is 4.49. The fraction of sp³-hybridized carbons (Fsp3) is 0.400. The Bertz CT molecular complexity index is 2130. The topological polar surface area (TPSA) is 97.9 Å². The van der Waals surface area contributed by atoms with Gasteiger partial charge in [-0.15, -0.1) is 0 Å². The summed E-state index contributed by atoms with van der Waals surface area (Å²) in [6.45, 7) is 6.01. The molecule has 12 heteroatoms. The van der Waals surface area contributed by atoms with Crippen LogP contribution in [0.25, 0.3) is 0 Å². The molecule has 1 spiro atoms. The van der Waals surface area contributed by atoms with Gasteiger partial charge in [-0.2, -0.15) is 4.31 Å². The summed E-state index contributed by atoms with van der Waals surface area (Å²) in [5.74, 6) is 2.27. The molecule has 57 heavy (non-hydrogen) atoms. The molecule has 7 rings (SSSR count). The van der Waals surface area contributed by atoms with Gasteiger partial charge in [0.15, 0.2) is 0 Å². The van der Waals surface area contributed by atoms with Crippen LogP contribution < -0.4 is 19.1 Å². The maximum atomic E-state index is 14.9. The lowest BCUT2D eigenvalue weighted by atomic mass is 9.68. The van der Waals surface area contributed by atoms with Gasteiger partial charge in [0.1, 0.15) is 23.4 Å². The number of nitrogens with zero attached hydrogens (tertiary/aromatic N) is 3. The van der Waals surface area contributed by atoms with Gasteiger partial charge in [0.05, 0.1) is 31.4 Å². The summed E-state index contributed by atoms with van der Waals surface area (Å²) in [6.07, 6.45) is 5.56. The molecule has 10 nitrogen and oxygen atoms in total. The van der Waals surface area contributed by atoms with Gasteiger partial charge in [-0.25, -0.2) is 13.2 Å². The second kappa shape index (κ2) is 17.0. The third-order valence-corrected chi connectivity index (χ3v) is 13.9. The molecule has 4 aromatic rings. The Morgan fingerprint density at radius 2 is 1.63 bits per heavy atom. The van der Waals surface area contributed by atoms with E-state index in [0.29, 0.717) is 42.0 Å². The van der Waals surface area contributed by atoms with E-state index < -0.39 is 22.2 Å². The molecular weight excluding hydrogens is 762 g/mol. The molecule has 1 heterocycles. The molecule has 0 radical (unpaired) electrons. The Hall–Kier alpha value is -4.71. The van der Waals surface area contributed by atoms with Crippen molar-refractivity contribution in [2.75, 3.05) is 52.9 Å². The number of carbonyl (C=O) groups excluding carboxylic acids is 1. The van der Waals surface area contributed by atoms with Crippen molar-refractivity contribution >= 4 is 33.4 Å². The van der Waals surface area contributed by atoms with Crippen molar-refractivity contribution in [3.63, 3.8) is 0 Å². The maximum absolute atomic E-state index is 14.9. The number of sulfonamides is 1. The Kier molecular flexibility index (Phi) is 12.1. The predicted octanol–water partition coefficient (Wildman–Crippen LogP) is 8.50. The number of rotatable bonds is 13. The van der Waals surface area contributed by atoms with Crippen molar-refractivity contribution in [3.05, 3.63) is 125 Å². The standard InChI is InChI=1S/C45H52ClN3O7S/c1-6-42(56-44(50)47(2)3)39-20-13-34(39)28-48-29-45(23-7-8-33-24-35(46)14-21-40(33)45)30-55-43-22-19-38(25-41(43)48)57(51,52)49(26-31-9-15-36(53-4)16-10-31)27-32-11-17-37(54-5)18-12-32/h6,9-12,14-19,21-22,24-25,34,39,42H,1,7-8,13,20,23,26-30H2,2-5H3/t34-,39+,42+,45-/m0/s1. The molecule has 1 fully saturated rings. The highest BCUT2D eigenvalue weighted by atomic mass is 35.5. The molecular formula is C45H52ClN3O7S. The predicted molar refractivity (Wildman–Crippen MR) is 223 cm³/mol. The number of hydrogen-bond donors (Lipinski definition) is 0. The highest BCUT2D eigenvalue weighted by molar-refractivity contribution is 7.89. The lowest BCUT2D eigenvalue weighted by Crippen LogP contribution is -2.50. The van der Waals surface area contributed by atoms with Gasteiger partial charge in [-0.3, -0.25) is 0 Å². The van der Waals surface area contributed by atoms with E-state index in [0.717, 1.165) is 48.9 Å². The van der Waals surface area contributed by atoms with Crippen molar-refractivity contribution in [2.24, 2.45) is 11.8 Å². The Balaban J connectivity index is 1.26. The molecule has 2 aliphatic carbocycles. The largest absolute Gasteiger partial charge is 0.497 e. The number of hydrogen-bond acceptors (Lipinski definition) is 8. The molecule has 0 N–H and O–H groups in total. The fourth-order valence-corrected chi connectivity index (χ4v) is 10.2. The number of ether oxygens (including phenoxy) is 4. The molecule has 1 saturated carbocycles. The van der Waals surface area contributed by atoms with Gasteiger partial charge < -0.3 is 28.7 Å². The Morgan fingerprint density at radius 1 is 0.965 bits per heavy atom. The Labute approximate surface area is 342 Å². The summed E-state index contributed by atoms with van der Waals surface area (Å²) < 4.78 is 54.7. The number of anilines is 1. The summed E-state index contributed by atoms with van der Waals surface area (Å²) in [7, 11) is 2.50. The molecule has 1 aliphatic heterocycles. The van der Waals surface area contributed by atoms with Crippen molar-refractivity contribution in [3.8, 4) is 17.2 Å². The van der Waals surface area contributed by atoms with Crippen LogP contribution in [0.3, 0.4) is 0 Å². The van der Waals surface area contributed by atoms with E-state index in [1.807, 2.05) is 60.7 Å². The van der Waals surface area contributed by atoms with Crippen LogP contribution >= 0.6 is 11.6 Å². The fourth-order valence-electron chi connectivity index (χ4n) is 8.57. The molecule has 0 aromatic heterocycles. The van der Waals surface area contributed by atoms with Crippen LogP contribution in [0.15, 0.2) is 102 Å². The highest BCUT2D eigenvalue weighted by Gasteiger charge is 2.45. The van der Waals surface area contributed by atoms with Crippen molar-refractivity contribution in [1.29, 1.82) is 0 Å². The van der Waals surface area contributed by atoms with E-state index in [1.165, 1.54) is 20.3 Å². The van der Waals surface area contributed by atoms with E-state index in [2.05, 4.69) is 23.6 Å². The molecule has 4 aromatic carbocycles. The quantitative estimate of drug-likeness (QED) is 0.124. The van der Waals surface area contributed by atoms with Crippen LogP contribution in [-0.4, -0.2) is 77.8 Å². The molecule has 1 amide bonds. The molecule has 4 atom stereocenters. The first kappa shape index (κ1) is 40.5. The van der Waals surface area contributed by atoms with E-state index in [4.69, 9.17) is 30.5 Å². The summed E-state index contributed by atoms with van der Waals surface area (Å²) in [5, 5.41) is 0.712. The van der Waals surface area contributed by atoms with Crippen LogP contribution in [0.4, 0.5) is 10.5 Å². The zero-order valence-corrected chi connectivity index (χ0v) is 34.7. The summed E-state index contributed by atoms with van der Waals surface area (Å²) in [6, 6.07) is 26.3. The van der Waals surface area contributed by atoms with Crippen LogP contribution in [-0.2, 0) is 39.7 Å². The first-order valence-electron chi connectivity index (χ1n) is 19.5. The van der Waals surface area contributed by atoms with E-state index in [1.54, 1.807) is 46.5 Å². The number of benzene rings is 4. The monoisotopic (exact) mass is 813 g/mol. The van der Waals surface area contributed by atoms with Gasteiger partial charge in [0.25, 0.3) is 0 Å². The average molecular weight is 814 g/mol. The summed E-state index contributed by atoms with van der Waals surface area (Å²) >= 11 is 6.50. The molecule has 3 aliphatic rings. The van der Waals surface area contributed by atoms with Crippen molar-refractivity contribution < 1.29 is 32.2 Å². The molecule has 0 bridgehead atoms. The van der Waals surface area contributed by atoms with E-state index in [9.17, 15) is 13.2 Å². The van der Waals surface area contributed by atoms with E-state index >= 15 is 0 Å².